The van der Waals surface area contributed by atoms with Crippen LogP contribution >= 0.6 is 11.8 Å². The summed E-state index contributed by atoms with van der Waals surface area (Å²) in [5.74, 6) is -0.216. The molecule has 0 aliphatic carbocycles. The van der Waals surface area contributed by atoms with Crippen molar-refractivity contribution in [1.82, 2.24) is 10.3 Å². The van der Waals surface area contributed by atoms with E-state index in [1.54, 1.807) is 6.07 Å². The molecule has 1 N–H and O–H groups in total. The van der Waals surface area contributed by atoms with Crippen LogP contribution in [-0.4, -0.2) is 11.5 Å². The second-order valence-electron chi connectivity index (χ2n) is 4.31. The van der Waals surface area contributed by atoms with Crippen molar-refractivity contribution in [2.24, 2.45) is 0 Å². The van der Waals surface area contributed by atoms with Gasteiger partial charge in [-0.3, -0.25) is 0 Å². The standard InChI is InChI=1S/C15H17FN2S/c1-3-17-9-12-7-11(2)15(18-10-12)19-14-6-4-5-13(16)8-14/h4-8,10,17H,3,9H2,1-2H3. The molecule has 0 fully saturated rings. The third-order valence-electron chi connectivity index (χ3n) is 2.68. The lowest BCUT2D eigenvalue weighted by atomic mass is 10.2. The third-order valence-corrected chi connectivity index (χ3v) is 3.79. The number of halogens is 1. The van der Waals surface area contributed by atoms with Crippen LogP contribution in [0.15, 0.2) is 46.5 Å². The van der Waals surface area contributed by atoms with Crippen LogP contribution in [0.5, 0.6) is 0 Å². The minimum absolute atomic E-state index is 0.216. The van der Waals surface area contributed by atoms with E-state index in [4.69, 9.17) is 0 Å². The Labute approximate surface area is 117 Å². The first-order valence-electron chi connectivity index (χ1n) is 6.28. The first-order chi connectivity index (χ1) is 9.19. The Bertz CT molecular complexity index is 558. The minimum atomic E-state index is -0.216. The highest BCUT2D eigenvalue weighted by molar-refractivity contribution is 7.99. The number of nitrogens with zero attached hydrogens (tertiary/aromatic N) is 1. The van der Waals surface area contributed by atoms with Gasteiger partial charge in [-0.2, -0.15) is 0 Å². The summed E-state index contributed by atoms with van der Waals surface area (Å²) in [5, 5.41) is 4.19. The highest BCUT2D eigenvalue weighted by Crippen LogP contribution is 2.29. The molecule has 0 aliphatic heterocycles. The summed E-state index contributed by atoms with van der Waals surface area (Å²) in [5.41, 5.74) is 2.28. The van der Waals surface area contributed by atoms with Crippen molar-refractivity contribution in [3.8, 4) is 0 Å². The maximum atomic E-state index is 13.1. The van der Waals surface area contributed by atoms with Gasteiger partial charge in [-0.05, 0) is 42.8 Å². The van der Waals surface area contributed by atoms with Gasteiger partial charge in [-0.1, -0.05) is 30.8 Å². The van der Waals surface area contributed by atoms with Crippen LogP contribution in [0.4, 0.5) is 4.39 Å². The number of aromatic nitrogens is 1. The Kier molecular flexibility index (Phi) is 4.93. The molecule has 0 atom stereocenters. The Morgan fingerprint density at radius 3 is 2.84 bits per heavy atom. The summed E-state index contributed by atoms with van der Waals surface area (Å²) < 4.78 is 13.1. The van der Waals surface area contributed by atoms with E-state index in [2.05, 4.69) is 23.3 Å². The number of pyridine rings is 1. The van der Waals surface area contributed by atoms with Gasteiger partial charge in [-0.15, -0.1) is 0 Å². The SMILES string of the molecule is CCNCc1cnc(Sc2cccc(F)c2)c(C)c1. The molecule has 0 spiro atoms. The zero-order chi connectivity index (χ0) is 13.7. The average Bonchev–Trinajstić information content (AvgIpc) is 2.39. The molecular formula is C15H17FN2S. The smallest absolute Gasteiger partial charge is 0.124 e. The van der Waals surface area contributed by atoms with Crippen molar-refractivity contribution >= 4 is 11.8 Å². The van der Waals surface area contributed by atoms with Gasteiger partial charge >= 0.3 is 0 Å². The molecule has 0 aliphatic rings. The van der Waals surface area contributed by atoms with Crippen LogP contribution in [0.1, 0.15) is 18.1 Å². The van der Waals surface area contributed by atoms with Crippen LogP contribution in [0, 0.1) is 12.7 Å². The van der Waals surface area contributed by atoms with Crippen molar-refractivity contribution in [1.29, 1.82) is 0 Å². The number of benzene rings is 1. The van der Waals surface area contributed by atoms with Crippen LogP contribution in [0.25, 0.3) is 0 Å². The molecule has 1 aromatic carbocycles. The van der Waals surface area contributed by atoms with Gasteiger partial charge in [-0.25, -0.2) is 9.37 Å². The molecule has 2 aromatic rings. The van der Waals surface area contributed by atoms with E-state index in [1.807, 2.05) is 19.2 Å². The van der Waals surface area contributed by atoms with Gasteiger partial charge in [0.15, 0.2) is 0 Å². The van der Waals surface area contributed by atoms with E-state index in [9.17, 15) is 4.39 Å². The summed E-state index contributed by atoms with van der Waals surface area (Å²) in [4.78, 5) is 5.33. The van der Waals surface area contributed by atoms with E-state index >= 15 is 0 Å². The molecular weight excluding hydrogens is 259 g/mol. The van der Waals surface area contributed by atoms with Crippen molar-refractivity contribution in [2.45, 2.75) is 30.3 Å². The molecule has 0 amide bonds. The van der Waals surface area contributed by atoms with Gasteiger partial charge in [0, 0.05) is 17.6 Å². The van der Waals surface area contributed by atoms with Crippen LogP contribution < -0.4 is 5.32 Å². The number of nitrogens with one attached hydrogen (secondary N) is 1. The second kappa shape index (κ2) is 6.68. The van der Waals surface area contributed by atoms with Gasteiger partial charge in [0.1, 0.15) is 10.8 Å². The number of hydrogen-bond acceptors (Lipinski definition) is 3. The number of hydrogen-bond donors (Lipinski definition) is 1. The van der Waals surface area contributed by atoms with Crippen molar-refractivity contribution < 1.29 is 4.39 Å². The molecule has 1 heterocycles. The molecule has 19 heavy (non-hydrogen) atoms. The molecule has 0 bridgehead atoms. The van der Waals surface area contributed by atoms with Gasteiger partial charge < -0.3 is 5.32 Å². The first-order valence-corrected chi connectivity index (χ1v) is 7.10. The lowest BCUT2D eigenvalue weighted by molar-refractivity contribution is 0.624. The lowest BCUT2D eigenvalue weighted by Gasteiger charge is -2.08. The molecule has 0 saturated heterocycles. The van der Waals surface area contributed by atoms with Crippen LogP contribution in [0.2, 0.25) is 0 Å². The summed E-state index contributed by atoms with van der Waals surface area (Å²) in [6, 6.07) is 8.70. The van der Waals surface area contributed by atoms with Crippen LogP contribution in [0.3, 0.4) is 0 Å². The number of aryl methyl sites for hydroxylation is 1. The molecule has 2 rings (SSSR count). The maximum absolute atomic E-state index is 13.1. The predicted octanol–water partition coefficient (Wildman–Crippen LogP) is 3.79. The van der Waals surface area contributed by atoms with Crippen molar-refractivity contribution in [3.05, 3.63) is 53.5 Å². The molecule has 2 nitrogen and oxygen atoms in total. The van der Waals surface area contributed by atoms with Gasteiger partial charge in [0.2, 0.25) is 0 Å². The molecule has 0 saturated carbocycles. The summed E-state index contributed by atoms with van der Waals surface area (Å²) in [7, 11) is 0. The normalized spacial score (nSPS) is 10.7. The van der Waals surface area contributed by atoms with E-state index in [0.29, 0.717) is 0 Å². The quantitative estimate of drug-likeness (QED) is 0.899. The zero-order valence-electron chi connectivity index (χ0n) is 11.1. The lowest BCUT2D eigenvalue weighted by Crippen LogP contribution is -2.12. The van der Waals surface area contributed by atoms with E-state index < -0.39 is 0 Å². The summed E-state index contributed by atoms with van der Waals surface area (Å²) in [6.45, 7) is 5.88. The highest BCUT2D eigenvalue weighted by atomic mass is 32.2. The fourth-order valence-electron chi connectivity index (χ4n) is 1.74. The van der Waals surface area contributed by atoms with Crippen molar-refractivity contribution in [2.75, 3.05) is 6.54 Å². The largest absolute Gasteiger partial charge is 0.313 e. The molecule has 0 unspecified atom stereocenters. The van der Waals surface area contributed by atoms with Gasteiger partial charge in [0.05, 0.1) is 0 Å². The monoisotopic (exact) mass is 276 g/mol. The first kappa shape index (κ1) is 14.0. The minimum Gasteiger partial charge on any atom is -0.313 e. The predicted molar refractivity (Wildman–Crippen MR) is 76.9 cm³/mol. The highest BCUT2D eigenvalue weighted by Gasteiger charge is 2.05. The van der Waals surface area contributed by atoms with Crippen molar-refractivity contribution in [3.63, 3.8) is 0 Å². The topological polar surface area (TPSA) is 24.9 Å². The average molecular weight is 276 g/mol. The Balaban J connectivity index is 2.13. The maximum Gasteiger partial charge on any atom is 0.124 e. The number of rotatable bonds is 5. The van der Waals surface area contributed by atoms with Crippen LogP contribution in [-0.2, 0) is 6.54 Å². The summed E-state index contributed by atoms with van der Waals surface area (Å²) in [6.07, 6.45) is 1.87. The Morgan fingerprint density at radius 2 is 2.16 bits per heavy atom. The second-order valence-corrected chi connectivity index (χ2v) is 5.37. The Morgan fingerprint density at radius 1 is 1.32 bits per heavy atom. The zero-order valence-corrected chi connectivity index (χ0v) is 11.9. The van der Waals surface area contributed by atoms with Gasteiger partial charge in [0.25, 0.3) is 0 Å². The molecule has 0 radical (unpaired) electrons. The molecule has 4 heteroatoms. The third kappa shape index (κ3) is 4.04. The molecule has 100 valence electrons. The fourth-order valence-corrected chi connectivity index (χ4v) is 2.60. The van der Waals surface area contributed by atoms with E-state index in [-0.39, 0.29) is 5.82 Å². The van der Waals surface area contributed by atoms with E-state index in [0.717, 1.165) is 28.6 Å². The fraction of sp³-hybridized carbons (Fsp3) is 0.267. The Hall–Kier alpha value is -1.39. The van der Waals surface area contributed by atoms with E-state index in [1.165, 1.54) is 29.5 Å². The molecule has 1 aromatic heterocycles. The summed E-state index contributed by atoms with van der Waals surface area (Å²) >= 11 is 1.49.